The fourth-order valence-corrected chi connectivity index (χ4v) is 2.62. The quantitative estimate of drug-likeness (QED) is 0.499. The van der Waals surface area contributed by atoms with Crippen LogP contribution in [0.5, 0.6) is 11.5 Å². The summed E-state index contributed by atoms with van der Waals surface area (Å²) in [6.45, 7) is 7.66. The Morgan fingerprint density at radius 3 is 2.59 bits per heavy atom. The molecule has 0 heterocycles. The maximum absolute atomic E-state index is 12.7. The Morgan fingerprint density at radius 2 is 1.81 bits per heavy atom. The summed E-state index contributed by atoms with van der Waals surface area (Å²) in [6, 6.07) is 14.8. The van der Waals surface area contributed by atoms with Gasteiger partial charge in [-0.05, 0) is 36.6 Å². The Morgan fingerprint density at radius 1 is 1.00 bits per heavy atom. The maximum atomic E-state index is 12.7. The van der Waals surface area contributed by atoms with Crippen molar-refractivity contribution >= 4 is 11.6 Å². The topological polar surface area (TPSA) is 47.6 Å². The molecule has 0 fully saturated rings. The summed E-state index contributed by atoms with van der Waals surface area (Å²) < 4.78 is 11.6. The van der Waals surface area contributed by atoms with Gasteiger partial charge in [0.15, 0.2) is 0 Å². The van der Waals surface area contributed by atoms with E-state index in [0.29, 0.717) is 36.1 Å². The zero-order chi connectivity index (χ0) is 19.5. The minimum absolute atomic E-state index is 0.180. The highest BCUT2D eigenvalue weighted by Crippen LogP contribution is 2.22. The zero-order valence-electron chi connectivity index (χ0n) is 16.7. The first kappa shape index (κ1) is 20.8. The van der Waals surface area contributed by atoms with Gasteiger partial charge in [-0.3, -0.25) is 4.79 Å². The molecule has 0 aliphatic heterocycles. The average molecular weight is 370 g/mol. The predicted molar refractivity (Wildman–Crippen MR) is 111 cm³/mol. The van der Waals surface area contributed by atoms with Gasteiger partial charge in [-0.2, -0.15) is 0 Å². The summed E-state index contributed by atoms with van der Waals surface area (Å²) in [4.78, 5) is 12.7. The van der Waals surface area contributed by atoms with Crippen molar-refractivity contribution in [3.63, 3.8) is 0 Å². The fraction of sp³-hybridized carbons (Fsp3) is 0.435. The van der Waals surface area contributed by atoms with Crippen LogP contribution in [-0.4, -0.2) is 19.1 Å². The molecule has 0 atom stereocenters. The van der Waals surface area contributed by atoms with Crippen LogP contribution in [0.1, 0.15) is 56.8 Å². The summed E-state index contributed by atoms with van der Waals surface area (Å²) in [5.41, 5.74) is 1.25. The number of para-hydroxylation sites is 1. The van der Waals surface area contributed by atoms with Crippen molar-refractivity contribution in [3.8, 4) is 11.5 Å². The van der Waals surface area contributed by atoms with Crippen molar-refractivity contribution in [2.24, 2.45) is 5.92 Å². The van der Waals surface area contributed by atoms with Gasteiger partial charge in [0.2, 0.25) is 0 Å². The summed E-state index contributed by atoms with van der Waals surface area (Å²) >= 11 is 0. The molecule has 0 unspecified atom stereocenters. The molecule has 0 aromatic heterocycles. The molecule has 0 spiro atoms. The molecule has 2 aromatic carbocycles. The third-order valence-electron chi connectivity index (χ3n) is 4.06. The van der Waals surface area contributed by atoms with Gasteiger partial charge in [0.25, 0.3) is 5.91 Å². The van der Waals surface area contributed by atoms with Crippen molar-refractivity contribution < 1.29 is 14.3 Å². The first-order chi connectivity index (χ1) is 13.1. The zero-order valence-corrected chi connectivity index (χ0v) is 16.7. The number of carbonyl (C=O) groups excluding carboxylic acids is 1. The van der Waals surface area contributed by atoms with Gasteiger partial charge in [0.05, 0.1) is 18.8 Å². The second-order valence-corrected chi connectivity index (χ2v) is 7.09. The van der Waals surface area contributed by atoms with Crippen LogP contribution in [0.25, 0.3) is 0 Å². The number of hydrogen-bond donors (Lipinski definition) is 1. The molecule has 0 radical (unpaired) electrons. The second-order valence-electron chi connectivity index (χ2n) is 7.09. The molecular formula is C23H31NO3. The molecule has 146 valence electrons. The van der Waals surface area contributed by atoms with Crippen molar-refractivity contribution in [2.45, 2.75) is 46.5 Å². The van der Waals surface area contributed by atoms with Crippen LogP contribution in [-0.2, 0) is 0 Å². The first-order valence-corrected chi connectivity index (χ1v) is 9.86. The van der Waals surface area contributed by atoms with E-state index >= 15 is 0 Å². The van der Waals surface area contributed by atoms with E-state index in [1.54, 1.807) is 6.07 Å². The van der Waals surface area contributed by atoms with Gasteiger partial charge < -0.3 is 14.8 Å². The smallest absolute Gasteiger partial charge is 0.259 e. The molecular weight excluding hydrogens is 338 g/mol. The van der Waals surface area contributed by atoms with E-state index in [2.05, 4.69) is 26.1 Å². The van der Waals surface area contributed by atoms with Crippen molar-refractivity contribution in [1.82, 2.24) is 0 Å². The minimum Gasteiger partial charge on any atom is -0.493 e. The van der Waals surface area contributed by atoms with Gasteiger partial charge in [0, 0.05) is 11.8 Å². The van der Waals surface area contributed by atoms with E-state index in [4.69, 9.17) is 9.47 Å². The second kappa shape index (κ2) is 11.3. The number of anilines is 1. The Hall–Kier alpha value is -2.49. The molecule has 2 aromatic rings. The van der Waals surface area contributed by atoms with Gasteiger partial charge >= 0.3 is 0 Å². The molecule has 27 heavy (non-hydrogen) atoms. The highest BCUT2D eigenvalue weighted by Gasteiger charge is 2.12. The lowest BCUT2D eigenvalue weighted by Gasteiger charge is -2.13. The predicted octanol–water partition coefficient (Wildman–Crippen LogP) is 5.93. The van der Waals surface area contributed by atoms with E-state index in [1.807, 2.05) is 42.5 Å². The van der Waals surface area contributed by atoms with Gasteiger partial charge in [-0.1, -0.05) is 58.2 Å². The fourth-order valence-electron chi connectivity index (χ4n) is 2.62. The average Bonchev–Trinajstić information content (AvgIpc) is 2.67. The van der Waals surface area contributed by atoms with Crippen molar-refractivity contribution in [2.75, 3.05) is 18.5 Å². The van der Waals surface area contributed by atoms with Crippen LogP contribution in [0.3, 0.4) is 0 Å². The monoisotopic (exact) mass is 369 g/mol. The Balaban J connectivity index is 1.98. The maximum Gasteiger partial charge on any atom is 0.259 e. The summed E-state index contributed by atoms with van der Waals surface area (Å²) in [7, 11) is 0. The number of nitrogens with one attached hydrogen (secondary N) is 1. The normalized spacial score (nSPS) is 10.7. The largest absolute Gasteiger partial charge is 0.493 e. The van der Waals surface area contributed by atoms with E-state index < -0.39 is 0 Å². The number of ether oxygens (including phenoxy) is 2. The van der Waals surface area contributed by atoms with Crippen LogP contribution >= 0.6 is 0 Å². The van der Waals surface area contributed by atoms with Crippen molar-refractivity contribution in [1.29, 1.82) is 0 Å². The molecule has 1 amide bonds. The molecule has 4 heteroatoms. The van der Waals surface area contributed by atoms with Crippen LogP contribution in [0, 0.1) is 5.92 Å². The van der Waals surface area contributed by atoms with E-state index in [0.717, 1.165) is 18.6 Å². The van der Waals surface area contributed by atoms with E-state index in [-0.39, 0.29) is 5.91 Å². The molecule has 0 aliphatic carbocycles. The summed E-state index contributed by atoms with van der Waals surface area (Å²) in [6.07, 6.45) is 4.55. The Labute approximate surface area is 162 Å². The third kappa shape index (κ3) is 7.33. The van der Waals surface area contributed by atoms with E-state index in [9.17, 15) is 4.79 Å². The lowest BCUT2D eigenvalue weighted by Crippen LogP contribution is -2.14. The molecule has 4 nitrogen and oxygen atoms in total. The van der Waals surface area contributed by atoms with Crippen LogP contribution in [0.2, 0.25) is 0 Å². The molecule has 1 N–H and O–H groups in total. The van der Waals surface area contributed by atoms with Gasteiger partial charge in [-0.25, -0.2) is 0 Å². The first-order valence-electron chi connectivity index (χ1n) is 9.86. The SMILES string of the molecule is CCCCCCOc1ccccc1C(=O)Nc1cccc(OCC(C)C)c1. The lowest BCUT2D eigenvalue weighted by molar-refractivity contribution is 0.102. The highest BCUT2D eigenvalue weighted by atomic mass is 16.5. The number of rotatable bonds is 11. The number of hydrogen-bond acceptors (Lipinski definition) is 3. The number of carbonyl (C=O) groups is 1. The summed E-state index contributed by atoms with van der Waals surface area (Å²) in [5.74, 6) is 1.64. The standard InChI is InChI=1S/C23H31NO3/c1-4-5-6-9-15-26-22-14-8-7-13-21(22)23(25)24-19-11-10-12-20(16-19)27-17-18(2)3/h7-8,10-14,16,18H,4-6,9,15,17H2,1-3H3,(H,24,25). The van der Waals surface area contributed by atoms with E-state index in [1.165, 1.54) is 12.8 Å². The lowest BCUT2D eigenvalue weighted by atomic mass is 10.1. The minimum atomic E-state index is -0.180. The number of benzene rings is 2. The molecule has 2 rings (SSSR count). The molecule has 0 saturated carbocycles. The highest BCUT2D eigenvalue weighted by molar-refractivity contribution is 6.06. The van der Waals surface area contributed by atoms with Gasteiger partial charge in [-0.15, -0.1) is 0 Å². The Bertz CT molecular complexity index is 712. The van der Waals surface area contributed by atoms with Crippen LogP contribution < -0.4 is 14.8 Å². The van der Waals surface area contributed by atoms with Crippen molar-refractivity contribution in [3.05, 3.63) is 54.1 Å². The third-order valence-corrected chi connectivity index (χ3v) is 4.06. The molecule has 0 aliphatic rings. The van der Waals surface area contributed by atoms with Gasteiger partial charge in [0.1, 0.15) is 11.5 Å². The number of amides is 1. The Kier molecular flexibility index (Phi) is 8.69. The number of unbranched alkanes of at least 4 members (excludes halogenated alkanes) is 3. The molecule has 0 bridgehead atoms. The summed E-state index contributed by atoms with van der Waals surface area (Å²) in [5, 5.41) is 2.94. The van der Waals surface area contributed by atoms with Crippen LogP contribution in [0.15, 0.2) is 48.5 Å². The van der Waals surface area contributed by atoms with Crippen LogP contribution in [0.4, 0.5) is 5.69 Å². The molecule has 0 saturated heterocycles.